The molecule has 0 saturated carbocycles. The van der Waals surface area contributed by atoms with Crippen molar-refractivity contribution in [3.05, 3.63) is 335 Å². The third-order valence-corrected chi connectivity index (χ3v) is 29.1. The van der Waals surface area contributed by atoms with E-state index < -0.39 is 29.9 Å². The maximum atomic E-state index is 12.6. The predicted octanol–water partition coefficient (Wildman–Crippen LogP) is 19.1. The van der Waals surface area contributed by atoms with Crippen molar-refractivity contribution in [1.29, 1.82) is 0 Å². The van der Waals surface area contributed by atoms with Gasteiger partial charge in [-0.3, -0.25) is 19.7 Å². The molecule has 0 bridgehead atoms. The molecule has 1 saturated heterocycles. The number of rotatable bonds is 34. The zero-order valence-electron chi connectivity index (χ0n) is 82.0. The Bertz CT molecular complexity index is 7320. The molecule has 15 N–H and O–H groups in total. The summed E-state index contributed by atoms with van der Waals surface area (Å²) in [6.45, 7) is 16.2. The van der Waals surface area contributed by atoms with Crippen molar-refractivity contribution in [3.63, 3.8) is 0 Å². The van der Waals surface area contributed by atoms with Gasteiger partial charge in [0.1, 0.15) is 21.4 Å². The first-order valence-corrected chi connectivity index (χ1v) is 53.6. The number of halogens is 4. The van der Waals surface area contributed by atoms with Crippen LogP contribution in [0.5, 0.6) is 0 Å². The van der Waals surface area contributed by atoms with Crippen molar-refractivity contribution in [2.45, 2.75) is 153 Å². The third-order valence-electron chi connectivity index (χ3n) is 24.1. The number of sulfonamides is 2. The number of morpholine rings is 1. The first kappa shape index (κ1) is 110. The van der Waals surface area contributed by atoms with Crippen molar-refractivity contribution in [2.24, 2.45) is 5.14 Å². The average molecular weight is 2090 g/mol. The normalized spacial score (nSPS) is 11.9. The van der Waals surface area contributed by atoms with Crippen LogP contribution in [0.15, 0.2) is 246 Å². The van der Waals surface area contributed by atoms with Crippen LogP contribution in [0.3, 0.4) is 0 Å². The number of anilines is 7. The van der Waals surface area contributed by atoms with Gasteiger partial charge in [0.15, 0.2) is 9.84 Å². The Balaban J connectivity index is 0.000000162. The fraction of sp³-hybridized carbons (Fsp3) is 0.271. The molecule has 0 atom stereocenters. The number of amides is 1. The lowest BCUT2D eigenvalue weighted by atomic mass is 10.00. The Labute approximate surface area is 867 Å². The second-order valence-corrected chi connectivity index (χ2v) is 41.7. The molecule has 0 unspecified atom stereocenters. The molecule has 145 heavy (non-hydrogen) atoms. The SMILES string of the molecule is CNS(=O)(=O)c1ccc(CCCNc2cc(-c3cccc(C)c3C)nc(N)n2)nc1.Cc1c(Cl)cccc1-c1cc(CCCc2ccc(C(=O)N3CCOCC3)cc2)nc(N)n1.Cc1c(Cl)cccc1-c1cc(CCCc2ccc(S(C)(=O)=O)cc2)nc(N)n1.Cc1cccc(-c2cc(CCCCCc3ccc(S(N)(=O)=O)cn3)nc(N)n2)c1C.Nc1nc(NCCCc2ccncc2)cc(-c2cccc(Cl)c2Cl)n1. The van der Waals surface area contributed by atoms with Gasteiger partial charge >= 0.3 is 0 Å². The summed E-state index contributed by atoms with van der Waals surface area (Å²) in [5, 5.41) is 14.0. The van der Waals surface area contributed by atoms with Crippen LogP contribution in [0.2, 0.25) is 20.1 Å². The minimum Gasteiger partial charge on any atom is -0.378 e. The molecule has 15 aromatic rings. The minimum absolute atomic E-state index is 0.0345. The van der Waals surface area contributed by atoms with Gasteiger partial charge in [0.25, 0.3) is 5.91 Å². The van der Waals surface area contributed by atoms with Gasteiger partial charge in [0.2, 0.25) is 49.8 Å². The van der Waals surface area contributed by atoms with Crippen molar-refractivity contribution in [2.75, 3.05) is 92.0 Å². The van der Waals surface area contributed by atoms with E-state index >= 15 is 0 Å². The van der Waals surface area contributed by atoms with Crippen molar-refractivity contribution in [3.8, 4) is 56.3 Å². The van der Waals surface area contributed by atoms with Gasteiger partial charge in [-0.15, -0.1) is 0 Å². The van der Waals surface area contributed by atoms with E-state index in [4.69, 9.17) is 84.9 Å². The molecule has 756 valence electrons. The van der Waals surface area contributed by atoms with E-state index in [0.717, 1.165) is 203 Å². The summed E-state index contributed by atoms with van der Waals surface area (Å²) in [5.74, 6) is 2.61. The zero-order valence-corrected chi connectivity index (χ0v) is 87.5. The van der Waals surface area contributed by atoms with Crippen molar-refractivity contribution >= 4 is 124 Å². The lowest BCUT2D eigenvalue weighted by Crippen LogP contribution is -2.40. The van der Waals surface area contributed by atoms with Gasteiger partial charge in [-0.2, -0.15) is 9.97 Å². The molecule has 1 aliphatic heterocycles. The molecular weight excluding hydrogens is 1970 g/mol. The highest BCUT2D eigenvalue weighted by Crippen LogP contribution is 2.36. The second kappa shape index (κ2) is 52.7. The first-order valence-electron chi connectivity index (χ1n) is 47.2. The number of hydrogen-bond acceptors (Lipinski definition) is 28. The van der Waals surface area contributed by atoms with E-state index in [1.807, 2.05) is 164 Å². The summed E-state index contributed by atoms with van der Waals surface area (Å²) in [6, 6.07) is 64.2. The number of carbonyl (C=O) groups is 1. The number of ether oxygens (including phenoxy) is 1. The van der Waals surface area contributed by atoms with E-state index in [0.29, 0.717) is 87.5 Å². The van der Waals surface area contributed by atoms with Gasteiger partial charge in [-0.1, -0.05) is 150 Å². The van der Waals surface area contributed by atoms with E-state index in [-0.39, 0.29) is 39.5 Å². The monoisotopic (exact) mass is 2090 g/mol. The van der Waals surface area contributed by atoms with Crippen LogP contribution < -0.4 is 49.2 Å². The molecule has 7 aromatic carbocycles. The standard InChI is InChI=1S/C25H27ClN4O2.C22H27N5O2S.C21H22ClN3O2S.C21H26N6O2S.C18H17Cl2N5/c1-17-21(6-3-7-22(17)26)23-16-20(28-25(27)29-23)5-2-4-18-8-10-19(11-9-18)24(31)30-12-14-32-15-13-30;1-15-7-6-10-20(16(15)2)21-13-18(26-22(23)27-21)9-5-3-4-8-17-11-12-19(14-25-17)30(24,28)29;1-14-18(7-4-8-19(14)22)20-13-16(24-21(23)25-20)6-3-5-15-9-11-17(12-10-15)28(2,26)27;1-14-6-4-8-18(15(14)2)19-12-20(27-21(22)26-19)24-11-5-7-16-9-10-17(13-25-16)30(28,29)23-3;19-14-5-1-4-13(17(14)20)15-11-16(25-18(21)24-15)23-8-2-3-12-6-9-22-10-7-12/h3,6-11,16H,2,4-5,12-15H2,1H3,(H2,27,28,29);6-7,10-14H,3-5,8-9H2,1-2H3,(H2,23,26,27)(H2,24,28,29);4,7-13H,3,5-6H2,1-2H3,(H2,23,24,25);4,6,8-10,12-13,23H,5,7,11H2,1-3H3,(H3,22,24,26,27);1,4-7,9-11H,2-3,8H2,(H3,21,23,24,25). The largest absolute Gasteiger partial charge is 0.378 e. The molecule has 16 rings (SSSR count). The predicted molar refractivity (Wildman–Crippen MR) is 580 cm³/mol. The van der Waals surface area contributed by atoms with E-state index in [1.165, 1.54) is 59.6 Å². The number of aryl methyl sites for hydroxylation is 10. The van der Waals surface area contributed by atoms with Crippen molar-refractivity contribution < 1.29 is 34.8 Å². The van der Waals surface area contributed by atoms with Gasteiger partial charge in [0, 0.05) is 141 Å². The van der Waals surface area contributed by atoms with E-state index in [2.05, 4.69) is 126 Å². The van der Waals surface area contributed by atoms with Gasteiger partial charge in [-0.25, -0.2) is 75.0 Å². The van der Waals surface area contributed by atoms with Gasteiger partial charge < -0.3 is 48.9 Å². The molecular formula is C107H119Cl4N23O8S3. The summed E-state index contributed by atoms with van der Waals surface area (Å²) in [4.78, 5) is 70.8. The summed E-state index contributed by atoms with van der Waals surface area (Å²) < 4.78 is 76.7. The number of primary sulfonamides is 1. The summed E-state index contributed by atoms with van der Waals surface area (Å²) >= 11 is 24.8. The summed E-state index contributed by atoms with van der Waals surface area (Å²) in [7, 11) is -8.95. The number of nitrogens with one attached hydrogen (secondary N) is 3. The fourth-order valence-corrected chi connectivity index (χ4v) is 18.3. The number of carbonyl (C=O) groups excluding carboxylic acids is 1. The Morgan fingerprint density at radius 1 is 0.379 bits per heavy atom. The zero-order chi connectivity index (χ0) is 104. The van der Waals surface area contributed by atoms with Crippen LogP contribution >= 0.6 is 46.4 Å². The van der Waals surface area contributed by atoms with Gasteiger partial charge in [-0.05, 0) is 286 Å². The number of hydrogen-bond donors (Lipinski definition) is 9. The molecule has 1 aliphatic rings. The van der Waals surface area contributed by atoms with Crippen LogP contribution in [0, 0.1) is 41.5 Å². The Morgan fingerprint density at radius 2 is 0.745 bits per heavy atom. The highest BCUT2D eigenvalue weighted by molar-refractivity contribution is 7.90. The number of aromatic nitrogens is 13. The number of sulfone groups is 1. The topological polar surface area (TPSA) is 492 Å². The molecule has 0 aliphatic carbocycles. The number of pyridine rings is 3. The van der Waals surface area contributed by atoms with Crippen LogP contribution in [-0.4, -0.2) is 154 Å². The number of benzene rings is 7. The molecule has 9 heterocycles. The molecule has 1 amide bonds. The number of unbranched alkanes of at least 4 members (excludes halogenated alkanes) is 2. The highest BCUT2D eigenvalue weighted by atomic mass is 35.5. The lowest BCUT2D eigenvalue weighted by Gasteiger charge is -2.26. The van der Waals surface area contributed by atoms with Crippen LogP contribution in [0.25, 0.3) is 56.3 Å². The molecule has 31 nitrogen and oxygen atoms in total. The van der Waals surface area contributed by atoms with E-state index in [9.17, 15) is 30.0 Å². The molecule has 8 aromatic heterocycles. The lowest BCUT2D eigenvalue weighted by molar-refractivity contribution is 0.0303. The molecule has 0 radical (unpaired) electrons. The van der Waals surface area contributed by atoms with Gasteiger partial charge in [0.05, 0.1) is 56.6 Å². The fourth-order valence-electron chi connectivity index (χ4n) is 15.8. The third kappa shape index (κ3) is 32.9. The quantitative estimate of drug-likeness (QED) is 0.0169. The average Bonchev–Trinajstić information content (AvgIpc) is 0.825. The van der Waals surface area contributed by atoms with Crippen LogP contribution in [-0.2, 0) is 86.0 Å². The molecule has 0 spiro atoms. The van der Waals surface area contributed by atoms with E-state index in [1.54, 1.807) is 48.8 Å². The number of nitrogen functional groups attached to an aromatic ring is 5. The maximum absolute atomic E-state index is 12.6. The van der Waals surface area contributed by atoms with Crippen molar-refractivity contribution in [1.82, 2.24) is 74.4 Å². The number of nitrogens with two attached hydrogens (primary N) is 6. The molecule has 38 heteroatoms. The Kier molecular flexibility index (Phi) is 40.1. The maximum Gasteiger partial charge on any atom is 0.254 e. The second-order valence-electron chi connectivity index (χ2n) is 34.6. The highest BCUT2D eigenvalue weighted by Gasteiger charge is 2.22. The first-order chi connectivity index (χ1) is 69.4. The smallest absolute Gasteiger partial charge is 0.254 e. The minimum atomic E-state index is -3.70. The molecule has 1 fully saturated rings. The van der Waals surface area contributed by atoms with Crippen LogP contribution in [0.4, 0.5) is 41.4 Å². The summed E-state index contributed by atoms with van der Waals surface area (Å²) in [6.07, 6.45) is 20.5. The van der Waals surface area contributed by atoms with Crippen LogP contribution in [0.1, 0.15) is 134 Å². The number of nitrogens with zero attached hydrogens (tertiary/aromatic N) is 14. The summed E-state index contributed by atoms with van der Waals surface area (Å²) in [5.41, 5.74) is 53.5. The Hall–Kier alpha value is -13.7. The Morgan fingerprint density at radius 3 is 1.19 bits per heavy atom.